The molecule has 0 spiro atoms. The Labute approximate surface area is 82.5 Å². The molecule has 0 saturated carbocycles. The summed E-state index contributed by atoms with van der Waals surface area (Å²) in [6, 6.07) is 1.12. The van der Waals surface area contributed by atoms with Gasteiger partial charge in [0.15, 0.2) is 0 Å². The maximum atomic E-state index is 12.3. The van der Waals surface area contributed by atoms with E-state index in [-0.39, 0.29) is 10.7 Å². The molecule has 0 fully saturated rings. The van der Waals surface area contributed by atoms with Crippen LogP contribution in [-0.4, -0.2) is 4.98 Å². The monoisotopic (exact) mass is 229 g/mol. The minimum atomic E-state index is -4.49. The van der Waals surface area contributed by atoms with Gasteiger partial charge in [-0.1, -0.05) is 23.2 Å². The second kappa shape index (κ2) is 3.35. The van der Waals surface area contributed by atoms with Crippen LogP contribution in [-0.2, 0) is 6.18 Å². The molecule has 1 heterocycles. The largest absolute Gasteiger partial charge is 0.419 e. The molecule has 0 unspecified atom stereocenters. The first kappa shape index (κ1) is 10.6. The van der Waals surface area contributed by atoms with Gasteiger partial charge < -0.3 is 0 Å². The average Bonchev–Trinajstić information content (AvgIpc) is 1.78. The van der Waals surface area contributed by atoms with Crippen LogP contribution in [0.3, 0.4) is 0 Å². The highest BCUT2D eigenvalue weighted by atomic mass is 35.5. The highest BCUT2D eigenvalue weighted by Crippen LogP contribution is 2.36. The van der Waals surface area contributed by atoms with Crippen molar-refractivity contribution in [2.45, 2.75) is 13.1 Å². The first-order chi connectivity index (χ1) is 5.82. The van der Waals surface area contributed by atoms with Crippen LogP contribution in [0.15, 0.2) is 6.07 Å². The molecule has 0 amide bonds. The summed E-state index contributed by atoms with van der Waals surface area (Å²) in [6.07, 6.45) is -4.49. The third-order valence-electron chi connectivity index (χ3n) is 1.42. The molecule has 0 atom stereocenters. The minimum absolute atomic E-state index is 0.0301. The average molecular weight is 230 g/mol. The summed E-state index contributed by atoms with van der Waals surface area (Å²) in [4.78, 5) is 3.31. The molecule has 0 aliphatic heterocycles. The fourth-order valence-corrected chi connectivity index (χ4v) is 1.57. The Bertz CT molecular complexity index is 312. The van der Waals surface area contributed by atoms with Gasteiger partial charge in [-0.3, -0.25) is 0 Å². The van der Waals surface area contributed by atoms with E-state index in [0.29, 0.717) is 0 Å². The smallest absolute Gasteiger partial charge is 0.224 e. The van der Waals surface area contributed by atoms with Crippen molar-refractivity contribution in [1.82, 2.24) is 4.98 Å². The third kappa shape index (κ3) is 2.25. The Morgan fingerprint density at radius 2 is 1.85 bits per heavy atom. The molecule has 6 heteroatoms. The lowest BCUT2D eigenvalue weighted by atomic mass is 10.1. The van der Waals surface area contributed by atoms with Crippen LogP contribution in [0.5, 0.6) is 0 Å². The molecule has 0 radical (unpaired) electrons. The van der Waals surface area contributed by atoms with Crippen molar-refractivity contribution in [3.8, 4) is 0 Å². The van der Waals surface area contributed by atoms with Crippen LogP contribution in [0.1, 0.15) is 11.1 Å². The molecule has 1 nitrogen and oxygen atoms in total. The van der Waals surface area contributed by atoms with Gasteiger partial charge in [0.05, 0.1) is 5.56 Å². The minimum Gasteiger partial charge on any atom is -0.224 e. The van der Waals surface area contributed by atoms with Crippen molar-refractivity contribution in [2.24, 2.45) is 0 Å². The maximum Gasteiger partial charge on any atom is 0.419 e. The van der Waals surface area contributed by atoms with E-state index in [9.17, 15) is 13.2 Å². The van der Waals surface area contributed by atoms with E-state index in [2.05, 4.69) is 4.98 Å². The molecule has 1 rings (SSSR count). The van der Waals surface area contributed by atoms with Gasteiger partial charge in [0.1, 0.15) is 10.3 Å². The van der Waals surface area contributed by atoms with Gasteiger partial charge in [-0.2, -0.15) is 13.2 Å². The van der Waals surface area contributed by atoms with Crippen LogP contribution >= 0.6 is 23.2 Å². The number of hydrogen-bond acceptors (Lipinski definition) is 1. The number of nitrogens with zero attached hydrogens (tertiary/aromatic N) is 1. The van der Waals surface area contributed by atoms with Gasteiger partial charge in [-0.05, 0) is 18.6 Å². The van der Waals surface area contributed by atoms with E-state index in [1.807, 2.05) is 0 Å². The molecular formula is C7H4Cl2F3N. The summed E-state index contributed by atoms with van der Waals surface area (Å²) in [5.41, 5.74) is -0.962. The van der Waals surface area contributed by atoms with Crippen LogP contribution in [0.4, 0.5) is 13.2 Å². The van der Waals surface area contributed by atoms with Crippen molar-refractivity contribution in [2.75, 3.05) is 0 Å². The standard InChI is InChI=1S/C7H4Cl2F3N/c1-3-2-4(8)13-6(9)5(3)7(10,11)12/h2H,1H3. The lowest BCUT2D eigenvalue weighted by molar-refractivity contribution is -0.138. The normalized spacial score (nSPS) is 11.8. The second-order valence-corrected chi connectivity index (χ2v) is 3.17. The lowest BCUT2D eigenvalue weighted by Gasteiger charge is -2.11. The van der Waals surface area contributed by atoms with Gasteiger partial charge in [-0.15, -0.1) is 0 Å². The fourth-order valence-electron chi connectivity index (χ4n) is 0.936. The molecule has 0 aromatic carbocycles. The number of halogens is 5. The molecule has 1 aromatic rings. The summed E-state index contributed by atoms with van der Waals surface area (Å²) >= 11 is 10.7. The third-order valence-corrected chi connectivity index (χ3v) is 1.89. The van der Waals surface area contributed by atoms with E-state index in [4.69, 9.17) is 23.2 Å². The van der Waals surface area contributed by atoms with Gasteiger partial charge in [0, 0.05) is 0 Å². The van der Waals surface area contributed by atoms with E-state index in [0.717, 1.165) is 6.07 Å². The quantitative estimate of drug-likeness (QED) is 0.619. The molecule has 0 aliphatic carbocycles. The van der Waals surface area contributed by atoms with E-state index in [1.165, 1.54) is 6.92 Å². The number of aromatic nitrogens is 1. The van der Waals surface area contributed by atoms with E-state index in [1.54, 1.807) is 0 Å². The maximum absolute atomic E-state index is 12.3. The van der Waals surface area contributed by atoms with E-state index < -0.39 is 16.9 Å². The summed E-state index contributed by atoms with van der Waals surface area (Å²) in [5.74, 6) is 0. The van der Waals surface area contributed by atoms with Crippen molar-refractivity contribution >= 4 is 23.2 Å². The summed E-state index contributed by atoms with van der Waals surface area (Å²) < 4.78 is 36.8. The lowest BCUT2D eigenvalue weighted by Crippen LogP contribution is -2.09. The highest BCUT2D eigenvalue weighted by molar-refractivity contribution is 6.33. The van der Waals surface area contributed by atoms with Crippen molar-refractivity contribution in [3.63, 3.8) is 0 Å². The van der Waals surface area contributed by atoms with Gasteiger partial charge >= 0.3 is 6.18 Å². The van der Waals surface area contributed by atoms with Crippen LogP contribution < -0.4 is 0 Å². The van der Waals surface area contributed by atoms with Gasteiger partial charge in [0.2, 0.25) is 0 Å². The predicted octanol–water partition coefficient (Wildman–Crippen LogP) is 3.72. The highest BCUT2D eigenvalue weighted by Gasteiger charge is 2.35. The van der Waals surface area contributed by atoms with Crippen LogP contribution in [0, 0.1) is 6.92 Å². The first-order valence-electron chi connectivity index (χ1n) is 3.22. The Kier molecular flexibility index (Phi) is 2.73. The predicted molar refractivity (Wildman–Crippen MR) is 44.0 cm³/mol. The fraction of sp³-hybridized carbons (Fsp3) is 0.286. The van der Waals surface area contributed by atoms with Gasteiger partial charge in [0.25, 0.3) is 0 Å². The Hall–Kier alpha value is -0.480. The summed E-state index contributed by atoms with van der Waals surface area (Å²) in [5, 5.41) is -0.659. The Balaban J connectivity index is 3.38. The number of aryl methyl sites for hydroxylation is 1. The molecule has 0 bridgehead atoms. The van der Waals surface area contributed by atoms with E-state index >= 15 is 0 Å². The zero-order chi connectivity index (χ0) is 10.2. The summed E-state index contributed by atoms with van der Waals surface area (Å²) in [7, 11) is 0. The van der Waals surface area contributed by atoms with Crippen molar-refractivity contribution in [3.05, 3.63) is 27.5 Å². The van der Waals surface area contributed by atoms with Crippen LogP contribution in [0.2, 0.25) is 10.3 Å². The molecule has 72 valence electrons. The number of pyridine rings is 1. The molecular weight excluding hydrogens is 226 g/mol. The number of rotatable bonds is 0. The first-order valence-corrected chi connectivity index (χ1v) is 3.98. The molecule has 1 aromatic heterocycles. The zero-order valence-corrected chi connectivity index (χ0v) is 7.93. The van der Waals surface area contributed by atoms with Crippen molar-refractivity contribution < 1.29 is 13.2 Å². The van der Waals surface area contributed by atoms with Gasteiger partial charge in [-0.25, -0.2) is 4.98 Å². The SMILES string of the molecule is Cc1cc(Cl)nc(Cl)c1C(F)(F)F. The molecule has 0 aliphatic rings. The number of alkyl halides is 3. The Morgan fingerprint density at radius 1 is 1.31 bits per heavy atom. The molecule has 13 heavy (non-hydrogen) atoms. The molecule has 0 saturated heterocycles. The van der Waals surface area contributed by atoms with Crippen LogP contribution in [0.25, 0.3) is 0 Å². The summed E-state index contributed by atoms with van der Waals surface area (Å²) in [6.45, 7) is 1.28. The Morgan fingerprint density at radius 3 is 2.23 bits per heavy atom. The van der Waals surface area contributed by atoms with Crippen molar-refractivity contribution in [1.29, 1.82) is 0 Å². The molecule has 0 N–H and O–H groups in total. The zero-order valence-electron chi connectivity index (χ0n) is 6.41. The number of hydrogen-bond donors (Lipinski definition) is 0. The second-order valence-electron chi connectivity index (χ2n) is 2.43. The topological polar surface area (TPSA) is 12.9 Å².